The molecule has 0 unspecified atom stereocenters. The van der Waals surface area contributed by atoms with Gasteiger partial charge in [-0.05, 0) is 35.3 Å². The second-order valence-corrected chi connectivity index (χ2v) is 3.46. The zero-order valence-corrected chi connectivity index (χ0v) is 8.40. The third-order valence-corrected chi connectivity index (χ3v) is 2.07. The first-order valence-electron chi connectivity index (χ1n) is 4.60. The van der Waals surface area contributed by atoms with Gasteiger partial charge in [0, 0.05) is 0 Å². The molecule has 1 rings (SSSR count). The van der Waals surface area contributed by atoms with Gasteiger partial charge in [-0.2, -0.15) is 0 Å². The van der Waals surface area contributed by atoms with Gasteiger partial charge >= 0.3 is 0 Å². The van der Waals surface area contributed by atoms with Crippen LogP contribution in [0.5, 0.6) is 5.75 Å². The monoisotopic (exact) mass is 190 g/mol. The fourth-order valence-electron chi connectivity index (χ4n) is 1.35. The number of aldehydes is 1. The predicted molar refractivity (Wildman–Crippen MR) is 57.0 cm³/mol. The lowest BCUT2D eigenvalue weighted by atomic mass is 9.95. The number of rotatable bonds is 3. The molecule has 0 bridgehead atoms. The molecule has 74 valence electrons. The van der Waals surface area contributed by atoms with E-state index < -0.39 is 0 Å². The molecule has 2 nitrogen and oxygen atoms in total. The molecule has 0 amide bonds. The van der Waals surface area contributed by atoms with Crippen LogP contribution in [0.15, 0.2) is 30.3 Å². The molecule has 0 heterocycles. The van der Waals surface area contributed by atoms with Crippen molar-refractivity contribution >= 4 is 11.9 Å². The van der Waals surface area contributed by atoms with Gasteiger partial charge in [0.25, 0.3) is 0 Å². The summed E-state index contributed by atoms with van der Waals surface area (Å²) >= 11 is 0. The molecule has 0 aliphatic heterocycles. The second-order valence-electron chi connectivity index (χ2n) is 3.46. The molecule has 1 aromatic rings. The normalized spacial score (nSPS) is 11.8. The third-order valence-electron chi connectivity index (χ3n) is 2.07. The Bertz CT molecular complexity index is 334. The molecule has 0 aliphatic carbocycles. The highest BCUT2D eigenvalue weighted by Gasteiger charge is 2.05. The van der Waals surface area contributed by atoms with Crippen molar-refractivity contribution in [3.63, 3.8) is 0 Å². The lowest BCUT2D eigenvalue weighted by Crippen LogP contribution is -1.93. The zero-order valence-electron chi connectivity index (χ0n) is 8.40. The van der Waals surface area contributed by atoms with E-state index in [0.717, 1.165) is 17.4 Å². The minimum absolute atomic E-state index is 0.239. The van der Waals surface area contributed by atoms with Crippen LogP contribution < -0.4 is 0 Å². The summed E-state index contributed by atoms with van der Waals surface area (Å²) < 4.78 is 0. The maximum absolute atomic E-state index is 10.4. The third kappa shape index (κ3) is 2.46. The van der Waals surface area contributed by atoms with E-state index in [2.05, 4.69) is 0 Å². The average molecular weight is 190 g/mol. The van der Waals surface area contributed by atoms with Gasteiger partial charge in [-0.25, -0.2) is 0 Å². The van der Waals surface area contributed by atoms with Crippen molar-refractivity contribution in [1.29, 1.82) is 0 Å². The molecule has 0 aliphatic rings. The van der Waals surface area contributed by atoms with E-state index in [4.69, 9.17) is 5.11 Å². The molecule has 0 saturated heterocycles. The van der Waals surface area contributed by atoms with Crippen molar-refractivity contribution in [3.05, 3.63) is 35.9 Å². The van der Waals surface area contributed by atoms with Crippen LogP contribution in [0.25, 0.3) is 5.57 Å². The van der Waals surface area contributed by atoms with E-state index in [1.54, 1.807) is 18.2 Å². The SMILES string of the molecule is CC(C)/C(=C/C=O)c1ccc(O)cc1. The Labute approximate surface area is 83.9 Å². The number of aromatic hydroxyl groups is 1. The van der Waals surface area contributed by atoms with Crippen LogP contribution in [0.2, 0.25) is 0 Å². The Balaban J connectivity index is 3.06. The maximum atomic E-state index is 10.4. The summed E-state index contributed by atoms with van der Waals surface area (Å²) in [5.41, 5.74) is 1.96. The summed E-state index contributed by atoms with van der Waals surface area (Å²) in [6, 6.07) is 6.86. The summed E-state index contributed by atoms with van der Waals surface area (Å²) in [5, 5.41) is 9.12. The fourth-order valence-corrected chi connectivity index (χ4v) is 1.35. The molecule has 0 atom stereocenters. The largest absolute Gasteiger partial charge is 0.508 e. The van der Waals surface area contributed by atoms with Gasteiger partial charge in [-0.15, -0.1) is 0 Å². The van der Waals surface area contributed by atoms with E-state index in [0.29, 0.717) is 5.92 Å². The van der Waals surface area contributed by atoms with Crippen molar-refractivity contribution in [2.24, 2.45) is 5.92 Å². The Hall–Kier alpha value is -1.57. The van der Waals surface area contributed by atoms with Crippen molar-refractivity contribution in [3.8, 4) is 5.75 Å². The van der Waals surface area contributed by atoms with E-state index in [1.807, 2.05) is 26.0 Å². The summed E-state index contributed by atoms with van der Waals surface area (Å²) in [4.78, 5) is 10.4. The highest BCUT2D eigenvalue weighted by Crippen LogP contribution is 2.23. The van der Waals surface area contributed by atoms with Crippen LogP contribution in [0.1, 0.15) is 19.4 Å². The van der Waals surface area contributed by atoms with Crippen LogP contribution in [-0.2, 0) is 4.79 Å². The topological polar surface area (TPSA) is 37.3 Å². The Morgan fingerprint density at radius 2 is 1.86 bits per heavy atom. The molecule has 1 N–H and O–H groups in total. The molecule has 0 spiro atoms. The number of hydrogen-bond donors (Lipinski definition) is 1. The molecule has 0 radical (unpaired) electrons. The lowest BCUT2D eigenvalue weighted by molar-refractivity contribution is -0.104. The van der Waals surface area contributed by atoms with E-state index in [-0.39, 0.29) is 5.75 Å². The summed E-state index contributed by atoms with van der Waals surface area (Å²) in [6.07, 6.45) is 2.36. The highest BCUT2D eigenvalue weighted by molar-refractivity contribution is 5.82. The van der Waals surface area contributed by atoms with Gasteiger partial charge in [-0.3, -0.25) is 4.79 Å². The molecular formula is C12H14O2. The van der Waals surface area contributed by atoms with Crippen molar-refractivity contribution in [2.45, 2.75) is 13.8 Å². The number of hydrogen-bond acceptors (Lipinski definition) is 2. The van der Waals surface area contributed by atoms with Crippen LogP contribution in [-0.4, -0.2) is 11.4 Å². The maximum Gasteiger partial charge on any atom is 0.143 e. The first-order valence-corrected chi connectivity index (χ1v) is 4.60. The fraction of sp³-hybridized carbons (Fsp3) is 0.250. The van der Waals surface area contributed by atoms with Crippen LogP contribution in [0.4, 0.5) is 0 Å². The van der Waals surface area contributed by atoms with Gasteiger partial charge < -0.3 is 5.11 Å². The molecule has 14 heavy (non-hydrogen) atoms. The minimum Gasteiger partial charge on any atom is -0.508 e. The van der Waals surface area contributed by atoms with E-state index in [9.17, 15) is 4.79 Å². The highest BCUT2D eigenvalue weighted by atomic mass is 16.3. The molecule has 0 aromatic heterocycles. The minimum atomic E-state index is 0.239. The van der Waals surface area contributed by atoms with E-state index in [1.165, 1.54) is 0 Å². The smallest absolute Gasteiger partial charge is 0.143 e. The number of carbonyl (C=O) groups excluding carboxylic acids is 1. The van der Waals surface area contributed by atoms with Crippen molar-refractivity contribution in [1.82, 2.24) is 0 Å². The number of allylic oxidation sites excluding steroid dienone is 2. The van der Waals surface area contributed by atoms with Crippen LogP contribution >= 0.6 is 0 Å². The summed E-state index contributed by atoms with van der Waals surface area (Å²) in [7, 11) is 0. The summed E-state index contributed by atoms with van der Waals surface area (Å²) in [5.74, 6) is 0.535. The number of carbonyl (C=O) groups is 1. The lowest BCUT2D eigenvalue weighted by Gasteiger charge is -2.10. The standard InChI is InChI=1S/C12H14O2/c1-9(2)12(7-8-13)10-3-5-11(14)6-4-10/h3-9,14H,1-2H3/b12-7-. The van der Waals surface area contributed by atoms with Crippen molar-refractivity contribution < 1.29 is 9.90 Å². The van der Waals surface area contributed by atoms with Gasteiger partial charge in [0.2, 0.25) is 0 Å². The predicted octanol–water partition coefficient (Wildman–Crippen LogP) is 2.63. The molecule has 1 aromatic carbocycles. The molecular weight excluding hydrogens is 176 g/mol. The first-order chi connectivity index (χ1) is 6.65. The van der Waals surface area contributed by atoms with Gasteiger partial charge in [0.05, 0.1) is 0 Å². The summed E-state index contributed by atoms with van der Waals surface area (Å²) in [6.45, 7) is 4.06. The Morgan fingerprint density at radius 1 is 1.29 bits per heavy atom. The van der Waals surface area contributed by atoms with E-state index >= 15 is 0 Å². The first kappa shape index (κ1) is 10.5. The molecule has 0 saturated carbocycles. The van der Waals surface area contributed by atoms with Crippen LogP contribution in [0, 0.1) is 5.92 Å². The number of phenolic OH excluding ortho intramolecular Hbond substituents is 1. The quantitative estimate of drug-likeness (QED) is 0.587. The Kier molecular flexibility index (Phi) is 3.46. The molecule has 0 fully saturated rings. The van der Waals surface area contributed by atoms with Crippen LogP contribution in [0.3, 0.4) is 0 Å². The Morgan fingerprint density at radius 3 is 2.29 bits per heavy atom. The average Bonchev–Trinajstić information content (AvgIpc) is 2.15. The zero-order chi connectivity index (χ0) is 10.6. The number of phenols is 1. The number of benzene rings is 1. The van der Waals surface area contributed by atoms with Gasteiger partial charge in [0.1, 0.15) is 12.0 Å². The second kappa shape index (κ2) is 4.61. The van der Waals surface area contributed by atoms with Gasteiger partial charge in [0.15, 0.2) is 0 Å². The van der Waals surface area contributed by atoms with Gasteiger partial charge in [-0.1, -0.05) is 26.0 Å². The van der Waals surface area contributed by atoms with Crippen molar-refractivity contribution in [2.75, 3.05) is 0 Å². The molecule has 2 heteroatoms.